The number of halogens is 1. The number of hydrogen-bond acceptors (Lipinski definition) is 5. The normalized spacial score (nSPS) is 10.7. The number of hydrogen-bond donors (Lipinski definition) is 1. The molecule has 2 aromatic heterocycles. The first-order chi connectivity index (χ1) is 11.2. The van der Waals surface area contributed by atoms with Gasteiger partial charge in [-0.3, -0.25) is 9.36 Å². The van der Waals surface area contributed by atoms with E-state index in [4.69, 9.17) is 0 Å². The monoisotopic (exact) mass is 348 g/mol. The Labute approximate surface area is 140 Å². The van der Waals surface area contributed by atoms with Gasteiger partial charge < -0.3 is 5.32 Å². The molecule has 0 saturated carbocycles. The summed E-state index contributed by atoms with van der Waals surface area (Å²) in [5.41, 5.74) is 0.751. The van der Waals surface area contributed by atoms with Crippen molar-refractivity contribution in [1.82, 2.24) is 20.1 Å². The van der Waals surface area contributed by atoms with Crippen LogP contribution >= 0.6 is 23.1 Å². The molecular formula is C15H13FN4OS2. The third-order valence-corrected chi connectivity index (χ3v) is 4.62. The van der Waals surface area contributed by atoms with Gasteiger partial charge in [-0.25, -0.2) is 4.39 Å². The molecule has 8 heteroatoms. The Hall–Kier alpha value is -2.19. The lowest BCUT2D eigenvalue weighted by Gasteiger charge is -2.09. The molecule has 1 aromatic carbocycles. The second-order valence-corrected chi connectivity index (χ2v) is 6.30. The van der Waals surface area contributed by atoms with E-state index in [0.717, 1.165) is 5.69 Å². The van der Waals surface area contributed by atoms with Crippen LogP contribution in [0.3, 0.4) is 0 Å². The van der Waals surface area contributed by atoms with Crippen molar-refractivity contribution in [3.8, 4) is 5.69 Å². The number of nitrogens with zero attached hydrogens (tertiary/aromatic N) is 3. The Balaban J connectivity index is 1.84. The summed E-state index contributed by atoms with van der Waals surface area (Å²) in [6, 6.07) is 9.66. The van der Waals surface area contributed by atoms with Crippen LogP contribution < -0.4 is 5.32 Å². The van der Waals surface area contributed by atoms with Gasteiger partial charge in [0.05, 0.1) is 11.4 Å². The second kappa shape index (κ2) is 6.93. The van der Waals surface area contributed by atoms with Crippen molar-refractivity contribution >= 4 is 29.0 Å². The summed E-state index contributed by atoms with van der Waals surface area (Å²) in [7, 11) is 0. The minimum absolute atomic E-state index is 0.153. The molecule has 3 aromatic rings. The number of rotatable bonds is 5. The SMILES string of the molecule is CSc1nnc(CNC(=O)c2cccs2)n1-c1ccc(F)cc1. The molecule has 0 aliphatic carbocycles. The van der Waals surface area contributed by atoms with Crippen molar-refractivity contribution in [2.24, 2.45) is 0 Å². The average Bonchev–Trinajstić information content (AvgIpc) is 3.23. The Morgan fingerprint density at radius 1 is 1.30 bits per heavy atom. The van der Waals surface area contributed by atoms with Crippen LogP contribution in [-0.4, -0.2) is 26.9 Å². The van der Waals surface area contributed by atoms with Gasteiger partial charge >= 0.3 is 0 Å². The highest BCUT2D eigenvalue weighted by atomic mass is 32.2. The van der Waals surface area contributed by atoms with Crippen molar-refractivity contribution < 1.29 is 9.18 Å². The van der Waals surface area contributed by atoms with Crippen LogP contribution in [0.2, 0.25) is 0 Å². The van der Waals surface area contributed by atoms with Crippen molar-refractivity contribution in [2.45, 2.75) is 11.7 Å². The molecule has 0 atom stereocenters. The van der Waals surface area contributed by atoms with E-state index in [0.29, 0.717) is 15.9 Å². The first kappa shape index (κ1) is 15.7. The molecular weight excluding hydrogens is 335 g/mol. The summed E-state index contributed by atoms with van der Waals surface area (Å²) < 4.78 is 14.9. The van der Waals surface area contributed by atoms with Crippen LogP contribution in [0.4, 0.5) is 4.39 Å². The third kappa shape index (κ3) is 3.43. The Bertz CT molecular complexity index is 800. The van der Waals surface area contributed by atoms with Gasteiger partial charge in [-0.2, -0.15) is 0 Å². The van der Waals surface area contributed by atoms with Gasteiger partial charge in [-0.15, -0.1) is 21.5 Å². The minimum atomic E-state index is -0.305. The van der Waals surface area contributed by atoms with E-state index in [1.54, 1.807) is 22.8 Å². The fourth-order valence-corrected chi connectivity index (χ4v) is 3.21. The van der Waals surface area contributed by atoms with Crippen molar-refractivity contribution in [3.63, 3.8) is 0 Å². The second-order valence-electron chi connectivity index (χ2n) is 4.57. The highest BCUT2D eigenvalue weighted by Crippen LogP contribution is 2.20. The zero-order valence-electron chi connectivity index (χ0n) is 12.2. The van der Waals surface area contributed by atoms with Crippen LogP contribution in [0.15, 0.2) is 46.9 Å². The van der Waals surface area contributed by atoms with Crippen molar-refractivity contribution in [1.29, 1.82) is 0 Å². The number of carbonyl (C=O) groups excluding carboxylic acids is 1. The van der Waals surface area contributed by atoms with Gasteiger partial charge in [0.1, 0.15) is 5.82 Å². The molecule has 118 valence electrons. The smallest absolute Gasteiger partial charge is 0.261 e. The van der Waals surface area contributed by atoms with Crippen molar-refractivity contribution in [2.75, 3.05) is 6.26 Å². The fraction of sp³-hybridized carbons (Fsp3) is 0.133. The lowest BCUT2D eigenvalue weighted by Crippen LogP contribution is -2.23. The maximum Gasteiger partial charge on any atom is 0.261 e. The molecule has 23 heavy (non-hydrogen) atoms. The molecule has 0 fully saturated rings. The lowest BCUT2D eigenvalue weighted by molar-refractivity contribution is 0.0953. The van der Waals surface area contributed by atoms with Crippen LogP contribution in [0.5, 0.6) is 0 Å². The summed E-state index contributed by atoms with van der Waals surface area (Å²) in [6.45, 7) is 0.238. The molecule has 0 bridgehead atoms. The zero-order chi connectivity index (χ0) is 16.2. The lowest BCUT2D eigenvalue weighted by atomic mass is 10.3. The maximum atomic E-state index is 13.1. The van der Waals surface area contributed by atoms with Gasteiger partial charge in [-0.1, -0.05) is 17.8 Å². The largest absolute Gasteiger partial charge is 0.344 e. The molecule has 2 heterocycles. The summed E-state index contributed by atoms with van der Waals surface area (Å²) >= 11 is 2.81. The number of aromatic nitrogens is 3. The molecule has 1 amide bonds. The van der Waals surface area contributed by atoms with Crippen LogP contribution in [-0.2, 0) is 6.54 Å². The van der Waals surface area contributed by atoms with E-state index in [1.807, 2.05) is 17.7 Å². The van der Waals surface area contributed by atoms with E-state index < -0.39 is 0 Å². The number of benzene rings is 1. The summed E-state index contributed by atoms with van der Waals surface area (Å²) in [6.07, 6.45) is 1.89. The van der Waals surface area contributed by atoms with E-state index in [-0.39, 0.29) is 18.3 Å². The van der Waals surface area contributed by atoms with E-state index in [1.165, 1.54) is 35.2 Å². The highest BCUT2D eigenvalue weighted by molar-refractivity contribution is 7.98. The van der Waals surface area contributed by atoms with Gasteiger partial charge in [0.25, 0.3) is 5.91 Å². The molecule has 0 radical (unpaired) electrons. The number of carbonyl (C=O) groups is 1. The summed E-state index contributed by atoms with van der Waals surface area (Å²) in [5, 5.41) is 13.6. The number of thiophene rings is 1. The molecule has 0 aliphatic heterocycles. The molecule has 0 spiro atoms. The van der Waals surface area contributed by atoms with E-state index >= 15 is 0 Å². The van der Waals surface area contributed by atoms with E-state index in [2.05, 4.69) is 15.5 Å². The van der Waals surface area contributed by atoms with E-state index in [9.17, 15) is 9.18 Å². The number of amides is 1. The molecule has 0 saturated heterocycles. The van der Waals surface area contributed by atoms with Crippen molar-refractivity contribution in [3.05, 3.63) is 58.3 Å². The predicted molar refractivity (Wildman–Crippen MR) is 88.6 cm³/mol. The maximum absolute atomic E-state index is 13.1. The third-order valence-electron chi connectivity index (χ3n) is 3.12. The van der Waals surface area contributed by atoms with Gasteiger partial charge in [0, 0.05) is 5.69 Å². The fourth-order valence-electron chi connectivity index (χ4n) is 2.05. The summed E-state index contributed by atoms with van der Waals surface area (Å²) in [5.74, 6) is 0.130. The Morgan fingerprint density at radius 2 is 2.09 bits per heavy atom. The Morgan fingerprint density at radius 3 is 2.74 bits per heavy atom. The number of nitrogens with one attached hydrogen (secondary N) is 1. The zero-order valence-corrected chi connectivity index (χ0v) is 13.8. The van der Waals surface area contributed by atoms with Crippen LogP contribution in [0.25, 0.3) is 5.69 Å². The van der Waals surface area contributed by atoms with Gasteiger partial charge in [-0.05, 0) is 42.0 Å². The highest BCUT2D eigenvalue weighted by Gasteiger charge is 2.15. The van der Waals surface area contributed by atoms with Crippen LogP contribution in [0, 0.1) is 5.82 Å². The van der Waals surface area contributed by atoms with Gasteiger partial charge in [0.2, 0.25) is 0 Å². The molecule has 5 nitrogen and oxygen atoms in total. The average molecular weight is 348 g/mol. The first-order valence-corrected chi connectivity index (χ1v) is 8.85. The standard InChI is InChI=1S/C15H13FN4OS2/c1-22-15-19-18-13(9-17-14(21)12-3-2-8-23-12)20(15)11-6-4-10(16)5-7-11/h2-8H,9H2,1H3,(H,17,21). The topological polar surface area (TPSA) is 59.8 Å². The molecule has 0 unspecified atom stereocenters. The quantitative estimate of drug-likeness (QED) is 0.720. The minimum Gasteiger partial charge on any atom is -0.344 e. The van der Waals surface area contributed by atoms with Gasteiger partial charge in [0.15, 0.2) is 11.0 Å². The molecule has 0 aliphatic rings. The first-order valence-electron chi connectivity index (χ1n) is 6.75. The van der Waals surface area contributed by atoms with Crippen LogP contribution in [0.1, 0.15) is 15.5 Å². The predicted octanol–water partition coefficient (Wildman–Crippen LogP) is 3.12. The summed E-state index contributed by atoms with van der Waals surface area (Å²) in [4.78, 5) is 12.7. The molecule has 1 N–H and O–H groups in total. The number of thioether (sulfide) groups is 1. The molecule has 3 rings (SSSR count). The Kier molecular flexibility index (Phi) is 4.73.